The van der Waals surface area contributed by atoms with E-state index in [1.165, 1.54) is 17.5 Å². The molecule has 1 aliphatic heterocycles. The molecule has 210 valence electrons. The third kappa shape index (κ3) is 6.48. The largest absolute Gasteiger partial charge is 0.497 e. The lowest BCUT2D eigenvalue weighted by atomic mass is 10.1. The van der Waals surface area contributed by atoms with Crippen molar-refractivity contribution in [1.29, 1.82) is 0 Å². The minimum atomic E-state index is -0.238. The van der Waals surface area contributed by atoms with Crippen molar-refractivity contribution in [3.63, 3.8) is 0 Å². The van der Waals surface area contributed by atoms with Crippen LogP contribution in [0.2, 0.25) is 0 Å². The number of aromatic nitrogens is 2. The summed E-state index contributed by atoms with van der Waals surface area (Å²) in [5.41, 5.74) is 1.68. The van der Waals surface area contributed by atoms with E-state index in [1.807, 2.05) is 48.5 Å². The monoisotopic (exact) mass is 545 g/mol. The molecule has 1 aliphatic rings. The molecule has 40 heavy (non-hydrogen) atoms. The minimum Gasteiger partial charge on any atom is -0.497 e. The molecule has 1 aromatic heterocycles. The molecule has 0 saturated carbocycles. The number of fused-ring (bicyclic) bond motifs is 1. The number of hydrogen-bond donors (Lipinski definition) is 0. The maximum Gasteiger partial charge on any atom is 0.274 e. The fraction of sp³-hybridized carbons (Fsp3) is 0.355. The Morgan fingerprint density at radius 2 is 1.27 bits per heavy atom. The van der Waals surface area contributed by atoms with Gasteiger partial charge in [-0.1, -0.05) is 24.3 Å². The Hall–Kier alpha value is -4.24. The standard InChI is InChI=1S/C31H35N3O6/c1-33-31(35)27-19-29(40-21-23-8-12-25(37-3)13-9-23)28(39-20-22-6-10-24(36-2)11-7-22)18-26(27)30(32-33)38-17-16-34-14-4-5-15-34/h6-13,18-19H,4-5,14-17,20-21H2,1-3H3. The van der Waals surface area contributed by atoms with Crippen molar-refractivity contribution >= 4 is 10.8 Å². The molecule has 0 unspecified atom stereocenters. The van der Waals surface area contributed by atoms with Crippen molar-refractivity contribution in [3.8, 4) is 28.9 Å². The maximum absolute atomic E-state index is 13.1. The third-order valence-electron chi connectivity index (χ3n) is 7.03. The van der Waals surface area contributed by atoms with Crippen molar-refractivity contribution < 1.29 is 23.7 Å². The highest BCUT2D eigenvalue weighted by Crippen LogP contribution is 2.36. The van der Waals surface area contributed by atoms with Gasteiger partial charge in [-0.15, -0.1) is 5.10 Å². The van der Waals surface area contributed by atoms with Crippen LogP contribution < -0.4 is 29.2 Å². The molecule has 1 fully saturated rings. The molecule has 3 aromatic carbocycles. The van der Waals surface area contributed by atoms with E-state index >= 15 is 0 Å². The molecule has 0 N–H and O–H groups in total. The zero-order valence-corrected chi connectivity index (χ0v) is 23.2. The second kappa shape index (κ2) is 12.7. The first-order valence-electron chi connectivity index (χ1n) is 13.5. The van der Waals surface area contributed by atoms with Crippen LogP contribution in [-0.4, -0.2) is 55.1 Å². The van der Waals surface area contributed by atoms with Crippen LogP contribution in [0.25, 0.3) is 10.8 Å². The molecule has 5 rings (SSSR count). The predicted molar refractivity (Wildman–Crippen MR) is 153 cm³/mol. The second-order valence-electron chi connectivity index (χ2n) is 9.75. The Morgan fingerprint density at radius 3 is 1.80 bits per heavy atom. The van der Waals surface area contributed by atoms with Crippen LogP contribution in [0.1, 0.15) is 24.0 Å². The Bertz CT molecular complexity index is 1480. The van der Waals surface area contributed by atoms with Gasteiger partial charge in [-0.3, -0.25) is 9.69 Å². The summed E-state index contributed by atoms with van der Waals surface area (Å²) in [6, 6.07) is 18.8. The molecule has 0 atom stereocenters. The van der Waals surface area contributed by atoms with Gasteiger partial charge in [-0.2, -0.15) is 0 Å². The van der Waals surface area contributed by atoms with Gasteiger partial charge in [0.25, 0.3) is 5.56 Å². The summed E-state index contributed by atoms with van der Waals surface area (Å²) >= 11 is 0. The van der Waals surface area contributed by atoms with Crippen LogP contribution in [-0.2, 0) is 20.3 Å². The quantitative estimate of drug-likeness (QED) is 0.256. The number of methoxy groups -OCH3 is 2. The summed E-state index contributed by atoms with van der Waals surface area (Å²) in [6.45, 7) is 4.07. The number of rotatable bonds is 12. The summed E-state index contributed by atoms with van der Waals surface area (Å²) in [7, 11) is 4.89. The summed E-state index contributed by atoms with van der Waals surface area (Å²) in [5, 5.41) is 5.47. The van der Waals surface area contributed by atoms with E-state index in [1.54, 1.807) is 33.4 Å². The van der Waals surface area contributed by atoms with Gasteiger partial charge in [0, 0.05) is 13.6 Å². The van der Waals surface area contributed by atoms with Gasteiger partial charge < -0.3 is 23.7 Å². The average Bonchev–Trinajstić information content (AvgIpc) is 3.51. The molecule has 4 aromatic rings. The number of benzene rings is 3. The van der Waals surface area contributed by atoms with E-state index in [-0.39, 0.29) is 5.56 Å². The summed E-state index contributed by atoms with van der Waals surface area (Å²) < 4.78 is 30.4. The van der Waals surface area contributed by atoms with Gasteiger partial charge in [0.15, 0.2) is 11.5 Å². The molecule has 0 aliphatic carbocycles. The molecule has 9 nitrogen and oxygen atoms in total. The van der Waals surface area contributed by atoms with Crippen molar-refractivity contribution in [1.82, 2.24) is 14.7 Å². The lowest BCUT2D eigenvalue weighted by Gasteiger charge is -2.17. The van der Waals surface area contributed by atoms with Crippen molar-refractivity contribution in [2.45, 2.75) is 26.1 Å². The number of aryl methyl sites for hydroxylation is 1. The number of ether oxygens (including phenoxy) is 5. The van der Waals surface area contributed by atoms with E-state index < -0.39 is 0 Å². The number of likely N-dealkylation sites (tertiary alicyclic amines) is 1. The molecule has 1 saturated heterocycles. The number of nitrogens with zero attached hydrogens (tertiary/aromatic N) is 3. The molecular formula is C31H35N3O6. The Labute approximate surface area is 233 Å². The number of hydrogen-bond acceptors (Lipinski definition) is 8. The van der Waals surface area contributed by atoms with Crippen molar-refractivity contribution in [2.24, 2.45) is 7.05 Å². The second-order valence-corrected chi connectivity index (χ2v) is 9.75. The molecule has 2 heterocycles. The van der Waals surface area contributed by atoms with E-state index in [0.29, 0.717) is 48.0 Å². The maximum atomic E-state index is 13.1. The molecule has 0 radical (unpaired) electrons. The molecule has 0 spiro atoms. The highest BCUT2D eigenvalue weighted by molar-refractivity contribution is 5.89. The zero-order valence-electron chi connectivity index (χ0n) is 23.2. The van der Waals surface area contributed by atoms with Crippen molar-refractivity contribution in [3.05, 3.63) is 82.1 Å². The lowest BCUT2D eigenvalue weighted by Crippen LogP contribution is -2.26. The van der Waals surface area contributed by atoms with Crippen LogP contribution in [0.15, 0.2) is 65.5 Å². The Morgan fingerprint density at radius 1 is 0.750 bits per heavy atom. The highest BCUT2D eigenvalue weighted by atomic mass is 16.5. The first kappa shape index (κ1) is 27.3. The summed E-state index contributed by atoms with van der Waals surface area (Å²) in [5.74, 6) is 2.90. The third-order valence-corrected chi connectivity index (χ3v) is 7.03. The normalized spacial score (nSPS) is 13.4. The van der Waals surface area contributed by atoms with Gasteiger partial charge >= 0.3 is 0 Å². The summed E-state index contributed by atoms with van der Waals surface area (Å²) in [6.07, 6.45) is 2.43. The minimum absolute atomic E-state index is 0.238. The first-order chi connectivity index (χ1) is 19.5. The van der Waals surface area contributed by atoms with Crippen LogP contribution in [0.3, 0.4) is 0 Å². The van der Waals surface area contributed by atoms with Crippen LogP contribution >= 0.6 is 0 Å². The highest BCUT2D eigenvalue weighted by Gasteiger charge is 2.18. The molecule has 0 amide bonds. The first-order valence-corrected chi connectivity index (χ1v) is 13.5. The molecule has 0 bridgehead atoms. The van der Waals surface area contributed by atoms with Gasteiger partial charge in [-0.25, -0.2) is 4.68 Å². The summed E-state index contributed by atoms with van der Waals surface area (Å²) in [4.78, 5) is 15.5. The Balaban J connectivity index is 1.44. The van der Waals surface area contributed by atoms with Gasteiger partial charge in [0.2, 0.25) is 5.88 Å². The van der Waals surface area contributed by atoms with Crippen molar-refractivity contribution in [2.75, 3.05) is 40.5 Å². The fourth-order valence-electron chi connectivity index (χ4n) is 4.70. The van der Waals surface area contributed by atoms with Crippen LogP contribution in [0.5, 0.6) is 28.9 Å². The fourth-order valence-corrected chi connectivity index (χ4v) is 4.70. The smallest absolute Gasteiger partial charge is 0.274 e. The topological polar surface area (TPSA) is 84.3 Å². The van der Waals surface area contributed by atoms with E-state index in [4.69, 9.17) is 23.7 Å². The molecule has 9 heteroatoms. The van der Waals surface area contributed by atoms with Gasteiger partial charge in [-0.05, 0) is 73.5 Å². The van der Waals surface area contributed by atoms with Gasteiger partial charge in [0.05, 0.1) is 25.0 Å². The van der Waals surface area contributed by atoms with Crippen LogP contribution in [0.4, 0.5) is 0 Å². The van der Waals surface area contributed by atoms with E-state index in [9.17, 15) is 4.79 Å². The van der Waals surface area contributed by atoms with Crippen LogP contribution in [0, 0.1) is 0 Å². The van der Waals surface area contributed by atoms with E-state index in [2.05, 4.69) is 10.00 Å². The lowest BCUT2D eigenvalue weighted by molar-refractivity contribution is 0.230. The molecular weight excluding hydrogens is 510 g/mol. The average molecular weight is 546 g/mol. The predicted octanol–water partition coefficient (Wildman–Crippen LogP) is 4.58. The Kier molecular flexibility index (Phi) is 8.71. The SMILES string of the molecule is COc1ccc(COc2cc3c(OCCN4CCCC4)nn(C)c(=O)c3cc2OCc2ccc(OC)cc2)cc1. The zero-order chi connectivity index (χ0) is 27.9. The van der Waals surface area contributed by atoms with Gasteiger partial charge in [0.1, 0.15) is 31.3 Å². The van der Waals surface area contributed by atoms with E-state index in [0.717, 1.165) is 42.3 Å².